The highest BCUT2D eigenvalue weighted by Gasteiger charge is 2.06. The molecule has 0 fully saturated rings. The van der Waals surface area contributed by atoms with Gasteiger partial charge in [0.05, 0.1) is 5.02 Å². The predicted octanol–water partition coefficient (Wildman–Crippen LogP) is 4.45. The first-order valence-corrected chi connectivity index (χ1v) is 8.15. The number of rotatable bonds is 6. The minimum atomic E-state index is 0.216. The normalized spacial score (nSPS) is 12.6. The van der Waals surface area contributed by atoms with E-state index in [1.807, 2.05) is 24.3 Å². The Bertz CT molecular complexity index is 470. The van der Waals surface area contributed by atoms with E-state index in [-0.39, 0.29) is 6.04 Å². The lowest BCUT2D eigenvalue weighted by Gasteiger charge is -2.11. The van der Waals surface area contributed by atoms with Crippen LogP contribution in [0.15, 0.2) is 46.7 Å². The molecule has 18 heavy (non-hydrogen) atoms. The summed E-state index contributed by atoms with van der Waals surface area (Å²) >= 11 is 9.64. The second kappa shape index (κ2) is 7.19. The minimum absolute atomic E-state index is 0.216. The summed E-state index contributed by atoms with van der Waals surface area (Å²) in [7, 11) is 0. The van der Waals surface area contributed by atoms with Gasteiger partial charge in [0.2, 0.25) is 0 Å². The molecule has 0 aliphatic carbocycles. The third-order valence-electron chi connectivity index (χ3n) is 2.63. The molecule has 0 saturated heterocycles. The van der Waals surface area contributed by atoms with E-state index in [0.717, 1.165) is 28.5 Å². The molecule has 96 valence electrons. The van der Waals surface area contributed by atoms with Crippen molar-refractivity contribution in [1.82, 2.24) is 0 Å². The number of hydrogen-bond donors (Lipinski definition) is 1. The van der Waals surface area contributed by atoms with Gasteiger partial charge < -0.3 is 5.73 Å². The fraction of sp³-hybridized carbons (Fsp3) is 0.286. The minimum Gasteiger partial charge on any atom is -0.327 e. The van der Waals surface area contributed by atoms with E-state index in [1.54, 1.807) is 23.1 Å². The highest BCUT2D eigenvalue weighted by Crippen LogP contribution is 2.27. The van der Waals surface area contributed by atoms with E-state index in [4.69, 9.17) is 17.3 Å². The monoisotopic (exact) mass is 297 g/mol. The van der Waals surface area contributed by atoms with Gasteiger partial charge in [-0.3, -0.25) is 0 Å². The van der Waals surface area contributed by atoms with Crippen molar-refractivity contribution in [3.05, 3.63) is 51.7 Å². The Morgan fingerprint density at radius 3 is 2.78 bits per heavy atom. The molecule has 1 heterocycles. The van der Waals surface area contributed by atoms with Gasteiger partial charge in [0.1, 0.15) is 0 Å². The molecule has 0 spiro atoms. The van der Waals surface area contributed by atoms with Crippen molar-refractivity contribution in [3.63, 3.8) is 0 Å². The molecule has 2 N–H and O–H groups in total. The molecular weight excluding hydrogens is 282 g/mol. The zero-order chi connectivity index (χ0) is 12.8. The van der Waals surface area contributed by atoms with E-state index in [9.17, 15) is 0 Å². The molecule has 0 bridgehead atoms. The Balaban J connectivity index is 1.75. The van der Waals surface area contributed by atoms with Crippen molar-refractivity contribution in [2.45, 2.75) is 23.8 Å². The van der Waals surface area contributed by atoms with Crippen LogP contribution in [0.2, 0.25) is 5.02 Å². The maximum Gasteiger partial charge on any atom is 0.0541 e. The summed E-state index contributed by atoms with van der Waals surface area (Å²) in [4.78, 5) is 2.53. The third kappa shape index (κ3) is 4.32. The average Bonchev–Trinajstić information content (AvgIpc) is 2.88. The zero-order valence-electron chi connectivity index (χ0n) is 10.0. The molecule has 0 radical (unpaired) electrons. The van der Waals surface area contributed by atoms with Crippen molar-refractivity contribution in [2.24, 2.45) is 5.73 Å². The van der Waals surface area contributed by atoms with E-state index in [0.29, 0.717) is 0 Å². The Morgan fingerprint density at radius 1 is 1.22 bits per heavy atom. The molecule has 4 heteroatoms. The number of benzene rings is 1. The first-order chi connectivity index (χ1) is 8.75. The van der Waals surface area contributed by atoms with Gasteiger partial charge in [-0.2, -0.15) is 0 Å². The SMILES string of the molecule is NC(CCc1cccs1)CSc1ccccc1Cl. The smallest absolute Gasteiger partial charge is 0.0541 e. The quantitative estimate of drug-likeness (QED) is 0.797. The van der Waals surface area contributed by atoms with Crippen LogP contribution in [0.4, 0.5) is 0 Å². The molecule has 1 aromatic carbocycles. The van der Waals surface area contributed by atoms with Gasteiger partial charge in [0.25, 0.3) is 0 Å². The van der Waals surface area contributed by atoms with Crippen LogP contribution >= 0.6 is 34.7 Å². The van der Waals surface area contributed by atoms with Gasteiger partial charge in [0.15, 0.2) is 0 Å². The summed E-state index contributed by atoms with van der Waals surface area (Å²) in [5, 5.41) is 2.92. The molecule has 0 saturated carbocycles. The Morgan fingerprint density at radius 2 is 2.06 bits per heavy atom. The fourth-order valence-electron chi connectivity index (χ4n) is 1.62. The molecule has 1 nitrogen and oxygen atoms in total. The Kier molecular flexibility index (Phi) is 5.57. The van der Waals surface area contributed by atoms with Gasteiger partial charge in [0, 0.05) is 21.6 Å². The maximum atomic E-state index is 6.13. The Labute approximate surface area is 121 Å². The lowest BCUT2D eigenvalue weighted by Crippen LogP contribution is -2.23. The molecule has 1 unspecified atom stereocenters. The van der Waals surface area contributed by atoms with Crippen LogP contribution < -0.4 is 5.73 Å². The second-order valence-electron chi connectivity index (χ2n) is 4.12. The standard InChI is InChI=1S/C14H16ClNS2/c15-13-5-1-2-6-14(13)18-10-11(16)7-8-12-4-3-9-17-12/h1-6,9,11H,7-8,10,16H2. The maximum absolute atomic E-state index is 6.13. The largest absolute Gasteiger partial charge is 0.327 e. The summed E-state index contributed by atoms with van der Waals surface area (Å²) in [5.41, 5.74) is 6.13. The number of aryl methyl sites for hydroxylation is 1. The number of nitrogens with two attached hydrogens (primary N) is 1. The predicted molar refractivity (Wildman–Crippen MR) is 82.8 cm³/mol. The number of thioether (sulfide) groups is 1. The molecule has 0 aliphatic rings. The number of hydrogen-bond acceptors (Lipinski definition) is 3. The van der Waals surface area contributed by atoms with Crippen LogP contribution in [0.5, 0.6) is 0 Å². The molecule has 2 aromatic rings. The van der Waals surface area contributed by atoms with Gasteiger partial charge in [-0.05, 0) is 36.4 Å². The van der Waals surface area contributed by atoms with Crippen LogP contribution in [0.3, 0.4) is 0 Å². The van der Waals surface area contributed by atoms with Crippen LogP contribution in [0.1, 0.15) is 11.3 Å². The van der Waals surface area contributed by atoms with E-state index in [1.165, 1.54) is 4.88 Å². The summed E-state index contributed by atoms with van der Waals surface area (Å²) in [6.45, 7) is 0. The van der Waals surface area contributed by atoms with Crippen LogP contribution in [0, 0.1) is 0 Å². The summed E-state index contributed by atoms with van der Waals surface area (Å²) in [5.74, 6) is 0.912. The van der Waals surface area contributed by atoms with Crippen molar-refractivity contribution in [1.29, 1.82) is 0 Å². The van der Waals surface area contributed by atoms with Crippen molar-refractivity contribution in [2.75, 3.05) is 5.75 Å². The lowest BCUT2D eigenvalue weighted by atomic mass is 10.2. The van der Waals surface area contributed by atoms with Crippen molar-refractivity contribution < 1.29 is 0 Å². The van der Waals surface area contributed by atoms with Crippen molar-refractivity contribution >= 4 is 34.7 Å². The number of halogens is 1. The Hall–Kier alpha value is -0.480. The summed E-state index contributed by atoms with van der Waals surface area (Å²) in [6.07, 6.45) is 2.10. The molecule has 2 rings (SSSR count). The second-order valence-corrected chi connectivity index (χ2v) is 6.62. The van der Waals surface area contributed by atoms with E-state index >= 15 is 0 Å². The van der Waals surface area contributed by atoms with Crippen molar-refractivity contribution in [3.8, 4) is 0 Å². The lowest BCUT2D eigenvalue weighted by molar-refractivity contribution is 0.679. The van der Waals surface area contributed by atoms with Gasteiger partial charge >= 0.3 is 0 Å². The topological polar surface area (TPSA) is 26.0 Å². The van der Waals surface area contributed by atoms with Gasteiger partial charge in [-0.15, -0.1) is 23.1 Å². The molecule has 1 aromatic heterocycles. The van der Waals surface area contributed by atoms with Crippen LogP contribution in [-0.4, -0.2) is 11.8 Å². The first-order valence-electron chi connectivity index (χ1n) is 5.91. The highest BCUT2D eigenvalue weighted by molar-refractivity contribution is 7.99. The fourth-order valence-corrected chi connectivity index (χ4v) is 3.59. The van der Waals surface area contributed by atoms with Crippen LogP contribution in [-0.2, 0) is 6.42 Å². The van der Waals surface area contributed by atoms with Crippen LogP contribution in [0.25, 0.3) is 0 Å². The molecular formula is C14H16ClNS2. The molecule has 1 atom stereocenters. The van der Waals surface area contributed by atoms with Gasteiger partial charge in [-0.1, -0.05) is 29.8 Å². The zero-order valence-corrected chi connectivity index (χ0v) is 12.4. The third-order valence-corrected chi connectivity index (χ3v) is 5.27. The average molecular weight is 298 g/mol. The van der Waals surface area contributed by atoms with Gasteiger partial charge in [-0.25, -0.2) is 0 Å². The summed E-state index contributed by atoms with van der Waals surface area (Å²) < 4.78 is 0. The number of thiophene rings is 1. The van der Waals surface area contributed by atoms with E-state index in [2.05, 4.69) is 17.5 Å². The highest BCUT2D eigenvalue weighted by atomic mass is 35.5. The molecule has 0 aliphatic heterocycles. The first kappa shape index (κ1) is 13.9. The van der Waals surface area contributed by atoms with E-state index < -0.39 is 0 Å². The summed E-state index contributed by atoms with van der Waals surface area (Å²) in [6, 6.07) is 12.4. The molecule has 0 amide bonds.